The van der Waals surface area contributed by atoms with Crippen molar-refractivity contribution in [3.8, 4) is 11.5 Å². The SMILES string of the molecule is CC(NC(CO)CO)c1ccc2c(c1)OCCO2. The number of aliphatic hydroxyl groups excluding tert-OH is 2. The van der Waals surface area contributed by atoms with Crippen LogP contribution in [0.5, 0.6) is 11.5 Å². The predicted molar refractivity (Wildman–Crippen MR) is 66.9 cm³/mol. The fourth-order valence-electron chi connectivity index (χ4n) is 1.94. The number of rotatable bonds is 5. The molecule has 3 N–H and O–H groups in total. The Labute approximate surface area is 106 Å². The topological polar surface area (TPSA) is 71.0 Å². The second-order valence-corrected chi connectivity index (χ2v) is 4.35. The summed E-state index contributed by atoms with van der Waals surface area (Å²) in [6, 6.07) is 5.47. The van der Waals surface area contributed by atoms with Crippen LogP contribution in [0.4, 0.5) is 0 Å². The molecule has 0 fully saturated rings. The van der Waals surface area contributed by atoms with Crippen LogP contribution in [0.25, 0.3) is 0 Å². The van der Waals surface area contributed by atoms with Crippen molar-refractivity contribution < 1.29 is 19.7 Å². The molecule has 0 amide bonds. The number of hydrogen-bond donors (Lipinski definition) is 3. The molecular weight excluding hydrogens is 234 g/mol. The zero-order chi connectivity index (χ0) is 13.0. The molecule has 1 aromatic rings. The number of benzene rings is 1. The van der Waals surface area contributed by atoms with Crippen LogP contribution in [0.15, 0.2) is 18.2 Å². The van der Waals surface area contributed by atoms with Gasteiger partial charge in [-0.1, -0.05) is 6.07 Å². The lowest BCUT2D eigenvalue weighted by Crippen LogP contribution is -2.37. The first-order chi connectivity index (χ1) is 8.74. The molecule has 5 heteroatoms. The van der Waals surface area contributed by atoms with Gasteiger partial charge in [0.15, 0.2) is 11.5 Å². The highest BCUT2D eigenvalue weighted by atomic mass is 16.6. The summed E-state index contributed by atoms with van der Waals surface area (Å²) in [5, 5.41) is 21.2. The van der Waals surface area contributed by atoms with Gasteiger partial charge < -0.3 is 25.0 Å². The minimum Gasteiger partial charge on any atom is -0.486 e. The molecule has 1 heterocycles. The Bertz CT molecular complexity index is 393. The van der Waals surface area contributed by atoms with E-state index in [1.54, 1.807) is 0 Å². The zero-order valence-corrected chi connectivity index (χ0v) is 10.4. The maximum atomic E-state index is 9.05. The average molecular weight is 253 g/mol. The molecule has 5 nitrogen and oxygen atoms in total. The lowest BCUT2D eigenvalue weighted by atomic mass is 10.1. The molecule has 1 aliphatic heterocycles. The molecule has 1 aliphatic rings. The highest BCUT2D eigenvalue weighted by Crippen LogP contribution is 2.32. The third-order valence-corrected chi connectivity index (χ3v) is 2.99. The van der Waals surface area contributed by atoms with E-state index in [0.29, 0.717) is 13.2 Å². The van der Waals surface area contributed by atoms with Gasteiger partial charge in [0.05, 0.1) is 19.3 Å². The van der Waals surface area contributed by atoms with Crippen molar-refractivity contribution in [2.45, 2.75) is 19.0 Å². The van der Waals surface area contributed by atoms with Crippen LogP contribution in [0.2, 0.25) is 0 Å². The molecule has 2 rings (SSSR count). The van der Waals surface area contributed by atoms with Crippen molar-refractivity contribution in [2.24, 2.45) is 0 Å². The highest BCUT2D eigenvalue weighted by molar-refractivity contribution is 5.44. The smallest absolute Gasteiger partial charge is 0.161 e. The average Bonchev–Trinajstić information content (AvgIpc) is 2.44. The van der Waals surface area contributed by atoms with Crippen LogP contribution in [-0.4, -0.2) is 42.7 Å². The van der Waals surface area contributed by atoms with E-state index in [4.69, 9.17) is 19.7 Å². The number of ether oxygens (including phenoxy) is 2. The minimum atomic E-state index is -0.312. The van der Waals surface area contributed by atoms with Crippen molar-refractivity contribution in [3.05, 3.63) is 23.8 Å². The van der Waals surface area contributed by atoms with Crippen LogP contribution in [0, 0.1) is 0 Å². The van der Waals surface area contributed by atoms with Gasteiger partial charge in [-0.15, -0.1) is 0 Å². The molecule has 0 saturated heterocycles. The maximum absolute atomic E-state index is 9.05. The van der Waals surface area contributed by atoms with Gasteiger partial charge in [0.25, 0.3) is 0 Å². The van der Waals surface area contributed by atoms with E-state index >= 15 is 0 Å². The number of hydrogen-bond acceptors (Lipinski definition) is 5. The van der Waals surface area contributed by atoms with Crippen LogP contribution in [-0.2, 0) is 0 Å². The van der Waals surface area contributed by atoms with E-state index in [1.165, 1.54) is 0 Å². The summed E-state index contributed by atoms with van der Waals surface area (Å²) in [7, 11) is 0. The molecule has 1 atom stereocenters. The van der Waals surface area contributed by atoms with E-state index in [1.807, 2.05) is 25.1 Å². The van der Waals surface area contributed by atoms with Crippen molar-refractivity contribution >= 4 is 0 Å². The molecule has 0 bridgehead atoms. The van der Waals surface area contributed by atoms with Gasteiger partial charge in [0, 0.05) is 6.04 Å². The summed E-state index contributed by atoms with van der Waals surface area (Å²) in [6.45, 7) is 2.94. The van der Waals surface area contributed by atoms with Gasteiger partial charge in [0.2, 0.25) is 0 Å². The Morgan fingerprint density at radius 2 is 1.83 bits per heavy atom. The molecule has 0 aromatic heterocycles. The Morgan fingerprint density at radius 1 is 1.17 bits per heavy atom. The molecular formula is C13H19NO4. The summed E-state index contributed by atoms with van der Waals surface area (Å²) >= 11 is 0. The van der Waals surface area contributed by atoms with E-state index in [-0.39, 0.29) is 25.3 Å². The first-order valence-electron chi connectivity index (χ1n) is 6.12. The van der Waals surface area contributed by atoms with E-state index in [9.17, 15) is 0 Å². The number of fused-ring (bicyclic) bond motifs is 1. The van der Waals surface area contributed by atoms with E-state index in [0.717, 1.165) is 17.1 Å². The Balaban J connectivity index is 2.08. The zero-order valence-electron chi connectivity index (χ0n) is 10.4. The second-order valence-electron chi connectivity index (χ2n) is 4.35. The molecule has 0 radical (unpaired) electrons. The summed E-state index contributed by atoms with van der Waals surface area (Å²) in [4.78, 5) is 0. The molecule has 0 spiro atoms. The van der Waals surface area contributed by atoms with Crippen LogP contribution in [0.1, 0.15) is 18.5 Å². The molecule has 0 aliphatic carbocycles. The van der Waals surface area contributed by atoms with E-state index in [2.05, 4.69) is 5.32 Å². The molecule has 0 saturated carbocycles. The summed E-state index contributed by atoms with van der Waals surface area (Å²) in [6.07, 6.45) is 0. The summed E-state index contributed by atoms with van der Waals surface area (Å²) < 4.78 is 11.0. The summed E-state index contributed by atoms with van der Waals surface area (Å²) in [5.74, 6) is 1.51. The van der Waals surface area contributed by atoms with Crippen LogP contribution >= 0.6 is 0 Å². The molecule has 1 aromatic carbocycles. The number of nitrogens with one attached hydrogen (secondary N) is 1. The van der Waals surface area contributed by atoms with Crippen molar-refractivity contribution in [3.63, 3.8) is 0 Å². The second kappa shape index (κ2) is 6.04. The third kappa shape index (κ3) is 2.93. The van der Waals surface area contributed by atoms with Crippen molar-refractivity contribution in [2.75, 3.05) is 26.4 Å². The van der Waals surface area contributed by atoms with Gasteiger partial charge in [-0.2, -0.15) is 0 Å². The first-order valence-corrected chi connectivity index (χ1v) is 6.12. The minimum absolute atomic E-state index is 0.0186. The Kier molecular flexibility index (Phi) is 4.41. The fourth-order valence-corrected chi connectivity index (χ4v) is 1.94. The highest BCUT2D eigenvalue weighted by Gasteiger charge is 2.16. The quantitative estimate of drug-likeness (QED) is 0.711. The van der Waals surface area contributed by atoms with Crippen molar-refractivity contribution in [1.29, 1.82) is 0 Å². The monoisotopic (exact) mass is 253 g/mol. The normalized spacial score (nSPS) is 15.8. The lowest BCUT2D eigenvalue weighted by Gasteiger charge is -2.23. The Morgan fingerprint density at radius 3 is 2.50 bits per heavy atom. The Hall–Kier alpha value is -1.30. The van der Waals surface area contributed by atoms with Gasteiger partial charge in [-0.25, -0.2) is 0 Å². The van der Waals surface area contributed by atoms with Gasteiger partial charge in [0.1, 0.15) is 13.2 Å². The lowest BCUT2D eigenvalue weighted by molar-refractivity contribution is 0.162. The molecule has 100 valence electrons. The first kappa shape index (κ1) is 13.1. The largest absolute Gasteiger partial charge is 0.486 e. The van der Waals surface area contributed by atoms with Crippen LogP contribution < -0.4 is 14.8 Å². The van der Waals surface area contributed by atoms with E-state index < -0.39 is 0 Å². The van der Waals surface area contributed by atoms with Gasteiger partial charge >= 0.3 is 0 Å². The summed E-state index contributed by atoms with van der Waals surface area (Å²) in [5.41, 5.74) is 1.03. The number of aliphatic hydroxyl groups is 2. The predicted octanol–water partition coefficient (Wildman–Crippen LogP) is 0.462. The maximum Gasteiger partial charge on any atom is 0.161 e. The molecule has 18 heavy (non-hydrogen) atoms. The third-order valence-electron chi connectivity index (χ3n) is 2.99. The van der Waals surface area contributed by atoms with Gasteiger partial charge in [-0.3, -0.25) is 0 Å². The molecule has 1 unspecified atom stereocenters. The van der Waals surface area contributed by atoms with Gasteiger partial charge in [-0.05, 0) is 24.6 Å². The van der Waals surface area contributed by atoms with Crippen LogP contribution in [0.3, 0.4) is 0 Å². The fraction of sp³-hybridized carbons (Fsp3) is 0.538. The standard InChI is InChI=1S/C13H19NO4/c1-9(14-11(7-15)8-16)10-2-3-12-13(6-10)18-5-4-17-12/h2-3,6,9,11,14-16H,4-5,7-8H2,1H3. The van der Waals surface area contributed by atoms with Crippen molar-refractivity contribution in [1.82, 2.24) is 5.32 Å².